The predicted molar refractivity (Wildman–Crippen MR) is 124 cm³/mol. The zero-order valence-electron chi connectivity index (χ0n) is 17.4. The number of halogens is 2. The molecule has 1 fully saturated rings. The van der Waals surface area contributed by atoms with Crippen LogP contribution in [0.25, 0.3) is 0 Å². The molecule has 3 rings (SSSR count). The highest BCUT2D eigenvalue weighted by molar-refractivity contribution is 6.40. The Bertz CT molecular complexity index is 900. The highest BCUT2D eigenvalue weighted by atomic mass is 35.5. The third kappa shape index (κ3) is 6.75. The Morgan fingerprint density at radius 1 is 1.00 bits per heavy atom. The standard InChI is InChI=1S/C22H26Cl2N4O3/c1-31-20-8-5-17(15-19(20)24)26-22(30)21(29)25-9-2-10-27-11-13-28(14-12-27)18-6-3-16(23)4-7-18/h3-8,15H,2,9-14H2,1H3,(H,25,29)(H,26,30). The molecule has 0 radical (unpaired) electrons. The van der Waals surface area contributed by atoms with Crippen LogP contribution in [0, 0.1) is 0 Å². The first-order valence-corrected chi connectivity index (χ1v) is 10.9. The first-order chi connectivity index (χ1) is 15.0. The van der Waals surface area contributed by atoms with Crippen molar-refractivity contribution in [1.82, 2.24) is 10.2 Å². The van der Waals surface area contributed by atoms with Gasteiger partial charge in [-0.15, -0.1) is 0 Å². The molecule has 0 aliphatic carbocycles. The summed E-state index contributed by atoms with van der Waals surface area (Å²) in [5, 5.41) is 6.29. The number of nitrogens with one attached hydrogen (secondary N) is 2. The number of hydrogen-bond acceptors (Lipinski definition) is 5. The molecule has 9 heteroatoms. The molecule has 0 aromatic heterocycles. The van der Waals surface area contributed by atoms with E-state index in [1.165, 1.54) is 18.9 Å². The maximum atomic E-state index is 12.0. The quantitative estimate of drug-likeness (QED) is 0.485. The maximum absolute atomic E-state index is 12.0. The number of piperazine rings is 1. The van der Waals surface area contributed by atoms with E-state index in [-0.39, 0.29) is 0 Å². The molecule has 2 aromatic rings. The van der Waals surface area contributed by atoms with Gasteiger partial charge in [-0.3, -0.25) is 14.5 Å². The van der Waals surface area contributed by atoms with Crippen LogP contribution in [0.1, 0.15) is 6.42 Å². The van der Waals surface area contributed by atoms with Crippen LogP contribution in [0.3, 0.4) is 0 Å². The van der Waals surface area contributed by atoms with Crippen molar-refractivity contribution in [1.29, 1.82) is 0 Å². The molecule has 0 spiro atoms. The lowest BCUT2D eigenvalue weighted by Gasteiger charge is -2.36. The Labute approximate surface area is 192 Å². The van der Waals surface area contributed by atoms with Crippen LogP contribution >= 0.6 is 23.2 Å². The SMILES string of the molecule is COc1ccc(NC(=O)C(=O)NCCCN2CCN(c3ccc(Cl)cc3)CC2)cc1Cl. The highest BCUT2D eigenvalue weighted by Crippen LogP contribution is 2.27. The molecule has 31 heavy (non-hydrogen) atoms. The van der Waals surface area contributed by atoms with Crippen molar-refractivity contribution >= 4 is 46.4 Å². The van der Waals surface area contributed by atoms with E-state index in [1.807, 2.05) is 24.3 Å². The minimum absolute atomic E-state index is 0.358. The van der Waals surface area contributed by atoms with Gasteiger partial charge in [-0.2, -0.15) is 0 Å². The van der Waals surface area contributed by atoms with Crippen molar-refractivity contribution in [2.45, 2.75) is 6.42 Å². The normalized spacial score (nSPS) is 14.2. The number of carbonyl (C=O) groups excluding carboxylic acids is 2. The lowest BCUT2D eigenvalue weighted by Crippen LogP contribution is -2.47. The lowest BCUT2D eigenvalue weighted by atomic mass is 10.2. The van der Waals surface area contributed by atoms with Gasteiger partial charge in [-0.25, -0.2) is 0 Å². The van der Waals surface area contributed by atoms with E-state index in [4.69, 9.17) is 27.9 Å². The van der Waals surface area contributed by atoms with Gasteiger partial charge in [0.15, 0.2) is 0 Å². The van der Waals surface area contributed by atoms with Crippen LogP contribution < -0.4 is 20.3 Å². The van der Waals surface area contributed by atoms with Gasteiger partial charge in [0, 0.05) is 49.1 Å². The highest BCUT2D eigenvalue weighted by Gasteiger charge is 2.18. The summed E-state index contributed by atoms with van der Waals surface area (Å²) in [5.41, 5.74) is 1.62. The van der Waals surface area contributed by atoms with Crippen LogP contribution in [-0.2, 0) is 9.59 Å². The molecule has 1 aliphatic heterocycles. The first kappa shape index (κ1) is 23.2. The van der Waals surface area contributed by atoms with E-state index in [9.17, 15) is 9.59 Å². The smallest absolute Gasteiger partial charge is 0.313 e. The van der Waals surface area contributed by atoms with Crippen LogP contribution in [0.5, 0.6) is 5.75 Å². The van der Waals surface area contributed by atoms with E-state index in [0.717, 1.165) is 44.2 Å². The van der Waals surface area contributed by atoms with Crippen molar-refractivity contribution in [3.8, 4) is 5.75 Å². The van der Waals surface area contributed by atoms with Gasteiger partial charge < -0.3 is 20.3 Å². The van der Waals surface area contributed by atoms with Crippen molar-refractivity contribution in [2.24, 2.45) is 0 Å². The molecule has 0 atom stereocenters. The third-order valence-electron chi connectivity index (χ3n) is 5.12. The Hall–Kier alpha value is -2.48. The summed E-state index contributed by atoms with van der Waals surface area (Å²) < 4.78 is 5.07. The second kappa shape index (κ2) is 11.2. The number of carbonyl (C=O) groups is 2. The first-order valence-electron chi connectivity index (χ1n) is 10.1. The number of benzene rings is 2. The molecular weight excluding hydrogens is 439 g/mol. The fraction of sp³-hybridized carbons (Fsp3) is 0.364. The van der Waals surface area contributed by atoms with E-state index in [1.54, 1.807) is 12.1 Å². The van der Waals surface area contributed by atoms with Gasteiger partial charge in [0.05, 0.1) is 12.1 Å². The zero-order valence-corrected chi connectivity index (χ0v) is 18.9. The van der Waals surface area contributed by atoms with Crippen molar-refractivity contribution in [2.75, 3.05) is 56.6 Å². The Morgan fingerprint density at radius 3 is 2.35 bits per heavy atom. The third-order valence-corrected chi connectivity index (χ3v) is 5.66. The fourth-order valence-electron chi connectivity index (χ4n) is 3.40. The van der Waals surface area contributed by atoms with Gasteiger partial charge in [0.25, 0.3) is 0 Å². The zero-order chi connectivity index (χ0) is 22.2. The molecular formula is C22H26Cl2N4O3. The molecule has 0 saturated carbocycles. The number of hydrogen-bond donors (Lipinski definition) is 2. The number of methoxy groups -OCH3 is 1. The van der Waals surface area contributed by atoms with Gasteiger partial charge in [-0.1, -0.05) is 23.2 Å². The number of rotatable bonds is 7. The minimum atomic E-state index is -0.724. The molecule has 1 saturated heterocycles. The number of ether oxygens (including phenoxy) is 1. The molecule has 2 aromatic carbocycles. The summed E-state index contributed by atoms with van der Waals surface area (Å²) in [6.07, 6.45) is 0.772. The van der Waals surface area contributed by atoms with E-state index < -0.39 is 11.8 Å². The number of nitrogens with zero attached hydrogens (tertiary/aromatic N) is 2. The second-order valence-electron chi connectivity index (χ2n) is 7.22. The van der Waals surface area contributed by atoms with E-state index in [0.29, 0.717) is 23.0 Å². The average Bonchev–Trinajstić information content (AvgIpc) is 2.77. The topological polar surface area (TPSA) is 73.9 Å². The van der Waals surface area contributed by atoms with Crippen LogP contribution in [0.2, 0.25) is 10.0 Å². The molecule has 1 aliphatic rings. The van der Waals surface area contributed by atoms with Gasteiger partial charge in [-0.05, 0) is 55.4 Å². The van der Waals surface area contributed by atoms with Crippen molar-refractivity contribution in [3.05, 3.63) is 52.5 Å². The van der Waals surface area contributed by atoms with Gasteiger partial charge in [0.2, 0.25) is 0 Å². The van der Waals surface area contributed by atoms with Crippen molar-refractivity contribution in [3.63, 3.8) is 0 Å². The average molecular weight is 465 g/mol. The summed E-state index contributed by atoms with van der Waals surface area (Å²) in [4.78, 5) is 28.8. The van der Waals surface area contributed by atoms with Crippen LogP contribution in [0.4, 0.5) is 11.4 Å². The lowest BCUT2D eigenvalue weighted by molar-refractivity contribution is -0.136. The molecule has 2 amide bonds. The molecule has 1 heterocycles. The van der Waals surface area contributed by atoms with Gasteiger partial charge in [0.1, 0.15) is 5.75 Å². The number of anilines is 2. The molecule has 166 valence electrons. The Morgan fingerprint density at radius 2 is 1.71 bits per heavy atom. The summed E-state index contributed by atoms with van der Waals surface area (Å²) in [5.74, 6) is -0.893. The van der Waals surface area contributed by atoms with Crippen molar-refractivity contribution < 1.29 is 14.3 Å². The van der Waals surface area contributed by atoms with Gasteiger partial charge >= 0.3 is 11.8 Å². The molecule has 0 bridgehead atoms. The summed E-state index contributed by atoms with van der Waals surface area (Å²) >= 11 is 12.0. The summed E-state index contributed by atoms with van der Waals surface area (Å²) in [6.45, 7) is 5.10. The largest absolute Gasteiger partial charge is 0.495 e. The van der Waals surface area contributed by atoms with Crippen LogP contribution in [-0.4, -0.2) is 63.1 Å². The number of amides is 2. The summed E-state index contributed by atoms with van der Waals surface area (Å²) in [7, 11) is 1.51. The Balaban J connectivity index is 1.33. The molecule has 7 nitrogen and oxygen atoms in total. The van der Waals surface area contributed by atoms with E-state index >= 15 is 0 Å². The molecule has 2 N–H and O–H groups in total. The molecule has 0 unspecified atom stereocenters. The predicted octanol–water partition coefficient (Wildman–Crippen LogP) is 3.27. The monoisotopic (exact) mass is 464 g/mol. The second-order valence-corrected chi connectivity index (χ2v) is 8.06. The summed E-state index contributed by atoms with van der Waals surface area (Å²) in [6, 6.07) is 12.7. The fourth-order valence-corrected chi connectivity index (χ4v) is 3.78. The van der Waals surface area contributed by atoms with E-state index in [2.05, 4.69) is 20.4 Å². The minimum Gasteiger partial charge on any atom is -0.495 e. The van der Waals surface area contributed by atoms with Crippen LogP contribution in [0.15, 0.2) is 42.5 Å². The maximum Gasteiger partial charge on any atom is 0.313 e. The Kier molecular flexibility index (Phi) is 8.40.